The normalized spacial score (nSPS) is 71.3. The lowest BCUT2D eigenvalue weighted by Gasteiger charge is -2.28. The van der Waals surface area contributed by atoms with Crippen molar-refractivity contribution < 1.29 is 9.59 Å². The molecule has 2 heteroatoms. The molecule has 86 valence electrons. The zero-order valence-electron chi connectivity index (χ0n) is 9.50. The van der Waals surface area contributed by atoms with Crippen LogP contribution in [0.3, 0.4) is 0 Å². The van der Waals surface area contributed by atoms with Crippen LogP contribution < -0.4 is 0 Å². The van der Waals surface area contributed by atoms with E-state index in [4.69, 9.17) is 0 Å². The molecule has 9 unspecified atom stereocenters. The van der Waals surface area contributed by atoms with Gasteiger partial charge in [0.05, 0.1) is 5.41 Å². The van der Waals surface area contributed by atoms with E-state index in [-0.39, 0.29) is 23.2 Å². The van der Waals surface area contributed by atoms with Crippen molar-refractivity contribution in [2.45, 2.75) is 12.8 Å². The van der Waals surface area contributed by atoms with Gasteiger partial charge in [-0.1, -0.05) is 12.2 Å². The topological polar surface area (TPSA) is 34.1 Å². The third-order valence-electron chi connectivity index (χ3n) is 7.41. The lowest BCUT2D eigenvalue weighted by atomic mass is 9.73. The second-order valence-electron chi connectivity index (χ2n) is 7.19. The Hall–Kier alpha value is -0.920. The van der Waals surface area contributed by atoms with Crippen molar-refractivity contribution >= 4 is 11.6 Å². The summed E-state index contributed by atoms with van der Waals surface area (Å²) in [5.74, 6) is 4.30. The second-order valence-corrected chi connectivity index (χ2v) is 7.19. The predicted molar refractivity (Wildman–Crippen MR) is 58.7 cm³/mol. The number of allylic oxidation sites excluding steroid dienone is 2. The van der Waals surface area contributed by atoms with Gasteiger partial charge in [-0.15, -0.1) is 0 Å². The molecule has 1 spiro atoms. The highest BCUT2D eigenvalue weighted by Crippen LogP contribution is 2.83. The molecule has 0 aliphatic heterocycles. The van der Waals surface area contributed by atoms with E-state index in [1.807, 2.05) is 0 Å². The Labute approximate surface area is 99.4 Å². The Morgan fingerprint density at radius 2 is 2.00 bits per heavy atom. The largest absolute Gasteiger partial charge is 0.299 e. The minimum absolute atomic E-state index is 0.145. The van der Waals surface area contributed by atoms with Gasteiger partial charge in [-0.25, -0.2) is 0 Å². The van der Waals surface area contributed by atoms with Crippen LogP contribution in [0.2, 0.25) is 0 Å². The molecule has 6 rings (SSSR count). The summed E-state index contributed by atoms with van der Waals surface area (Å²) in [6, 6.07) is 0. The van der Waals surface area contributed by atoms with Crippen LogP contribution in [-0.4, -0.2) is 11.6 Å². The average Bonchev–Trinajstić information content (AvgIpc) is 3.00. The van der Waals surface area contributed by atoms with Gasteiger partial charge in [0.2, 0.25) is 0 Å². The minimum Gasteiger partial charge on any atom is -0.299 e. The average molecular weight is 226 g/mol. The van der Waals surface area contributed by atoms with Crippen molar-refractivity contribution in [1.29, 1.82) is 0 Å². The maximum absolute atomic E-state index is 12.9. The molecule has 6 aliphatic carbocycles. The Bertz CT molecular complexity index is 547. The molecule has 5 saturated carbocycles. The summed E-state index contributed by atoms with van der Waals surface area (Å²) in [4.78, 5) is 25.5. The van der Waals surface area contributed by atoms with E-state index in [0.717, 1.165) is 6.42 Å². The zero-order chi connectivity index (χ0) is 11.1. The van der Waals surface area contributed by atoms with E-state index in [9.17, 15) is 9.59 Å². The smallest absolute Gasteiger partial charge is 0.147 e. The van der Waals surface area contributed by atoms with Crippen LogP contribution in [-0.2, 0) is 9.59 Å². The molecule has 9 atom stereocenters. The minimum atomic E-state index is -0.152. The fraction of sp³-hybridized carbons (Fsp3) is 0.733. The molecular weight excluding hydrogens is 212 g/mol. The summed E-state index contributed by atoms with van der Waals surface area (Å²) >= 11 is 0. The first-order valence-electron chi connectivity index (χ1n) is 7.02. The van der Waals surface area contributed by atoms with Crippen LogP contribution in [0.5, 0.6) is 0 Å². The highest BCUT2D eigenvalue weighted by atomic mass is 16.1. The Balaban J connectivity index is 1.79. The van der Waals surface area contributed by atoms with E-state index in [1.54, 1.807) is 0 Å². The highest BCUT2D eigenvalue weighted by Gasteiger charge is 2.85. The fourth-order valence-corrected chi connectivity index (χ4v) is 7.49. The summed E-state index contributed by atoms with van der Waals surface area (Å²) in [6.45, 7) is 0. The first kappa shape index (κ1) is 8.23. The van der Waals surface area contributed by atoms with Gasteiger partial charge in [0.25, 0.3) is 0 Å². The van der Waals surface area contributed by atoms with Gasteiger partial charge >= 0.3 is 0 Å². The van der Waals surface area contributed by atoms with Gasteiger partial charge in [-0.3, -0.25) is 9.59 Å². The molecule has 0 amide bonds. The third kappa shape index (κ3) is 0.497. The van der Waals surface area contributed by atoms with Gasteiger partial charge in [-0.2, -0.15) is 0 Å². The number of fused-ring (bicyclic) bond motifs is 2. The summed E-state index contributed by atoms with van der Waals surface area (Å²) < 4.78 is 0. The molecule has 0 radical (unpaired) electrons. The van der Waals surface area contributed by atoms with Crippen molar-refractivity contribution in [3.63, 3.8) is 0 Å². The number of carbonyl (C=O) groups excluding carboxylic acids is 2. The van der Waals surface area contributed by atoms with Crippen molar-refractivity contribution in [2.24, 2.45) is 52.8 Å². The standard InChI is InChI=1S/C15H14O2/c16-13-9-5-4-6-10(9)14(17)15-3-1-2-7(15)11(13)8(5)12(6)15/h1,3,5-12H,2,4H2. The van der Waals surface area contributed by atoms with Crippen LogP contribution >= 0.6 is 0 Å². The quantitative estimate of drug-likeness (QED) is 0.586. The molecular formula is C15H14O2. The van der Waals surface area contributed by atoms with E-state index in [2.05, 4.69) is 12.2 Å². The summed E-state index contributed by atoms with van der Waals surface area (Å²) in [7, 11) is 0. The van der Waals surface area contributed by atoms with E-state index >= 15 is 0 Å². The number of hydrogen-bond acceptors (Lipinski definition) is 2. The second kappa shape index (κ2) is 1.96. The molecule has 0 aromatic carbocycles. The van der Waals surface area contributed by atoms with Crippen molar-refractivity contribution in [3.05, 3.63) is 12.2 Å². The van der Waals surface area contributed by atoms with E-state index in [0.29, 0.717) is 41.2 Å². The molecule has 0 saturated heterocycles. The van der Waals surface area contributed by atoms with Crippen LogP contribution in [0.15, 0.2) is 12.2 Å². The molecule has 0 aromatic heterocycles. The summed E-state index contributed by atoms with van der Waals surface area (Å²) in [5.41, 5.74) is -0.152. The molecule has 2 nitrogen and oxygen atoms in total. The first-order valence-corrected chi connectivity index (χ1v) is 7.02. The molecule has 6 aliphatic rings. The third-order valence-corrected chi connectivity index (χ3v) is 7.41. The molecule has 5 fully saturated rings. The first-order chi connectivity index (χ1) is 8.27. The molecule has 0 aromatic rings. The molecule has 17 heavy (non-hydrogen) atoms. The van der Waals surface area contributed by atoms with E-state index < -0.39 is 0 Å². The van der Waals surface area contributed by atoms with Crippen LogP contribution in [0.25, 0.3) is 0 Å². The van der Waals surface area contributed by atoms with Crippen LogP contribution in [0.4, 0.5) is 0 Å². The number of carbonyl (C=O) groups is 2. The molecule has 0 heterocycles. The summed E-state index contributed by atoms with van der Waals surface area (Å²) in [6.07, 6.45) is 6.61. The van der Waals surface area contributed by atoms with Crippen molar-refractivity contribution in [3.8, 4) is 0 Å². The zero-order valence-corrected chi connectivity index (χ0v) is 9.50. The van der Waals surface area contributed by atoms with Crippen LogP contribution in [0.1, 0.15) is 12.8 Å². The van der Waals surface area contributed by atoms with E-state index in [1.165, 1.54) is 6.42 Å². The lowest BCUT2D eigenvalue weighted by molar-refractivity contribution is -0.131. The van der Waals surface area contributed by atoms with Crippen molar-refractivity contribution in [1.82, 2.24) is 0 Å². The lowest BCUT2D eigenvalue weighted by Crippen LogP contribution is -2.32. The summed E-state index contributed by atoms with van der Waals surface area (Å²) in [5, 5.41) is 0. The number of ketones is 2. The maximum Gasteiger partial charge on any atom is 0.147 e. The monoisotopic (exact) mass is 226 g/mol. The number of rotatable bonds is 0. The van der Waals surface area contributed by atoms with Gasteiger partial charge in [0.1, 0.15) is 11.6 Å². The van der Waals surface area contributed by atoms with Gasteiger partial charge in [0, 0.05) is 17.8 Å². The highest BCUT2D eigenvalue weighted by molar-refractivity contribution is 6.05. The number of hydrogen-bond donors (Lipinski definition) is 0. The number of Topliss-reactive ketones (excluding diaryl/α,β-unsaturated/α-hetero) is 2. The Morgan fingerprint density at radius 3 is 2.88 bits per heavy atom. The fourth-order valence-electron chi connectivity index (χ4n) is 7.49. The van der Waals surface area contributed by atoms with Crippen LogP contribution in [0, 0.1) is 52.8 Å². The Kier molecular flexibility index (Phi) is 0.948. The molecule has 2 bridgehead atoms. The Morgan fingerprint density at radius 1 is 1.12 bits per heavy atom. The van der Waals surface area contributed by atoms with Gasteiger partial charge in [-0.05, 0) is 42.4 Å². The SMILES string of the molecule is O=C1C2C3CC4C2C(=O)C25C=CCC2C1C3C45. The molecule has 0 N–H and O–H groups in total. The predicted octanol–water partition coefficient (Wildman–Crippen LogP) is 1.46. The maximum atomic E-state index is 12.9. The van der Waals surface area contributed by atoms with Crippen molar-refractivity contribution in [2.75, 3.05) is 0 Å². The van der Waals surface area contributed by atoms with Gasteiger partial charge in [0.15, 0.2) is 0 Å². The van der Waals surface area contributed by atoms with Gasteiger partial charge < -0.3 is 0 Å².